The highest BCUT2D eigenvalue weighted by Gasteiger charge is 2.60. The quantitative estimate of drug-likeness (QED) is 0.797. The summed E-state index contributed by atoms with van der Waals surface area (Å²) in [4.78, 5) is 22.3. The second-order valence-electron chi connectivity index (χ2n) is 10.5. The van der Waals surface area contributed by atoms with Gasteiger partial charge in [0.05, 0.1) is 5.54 Å². The van der Waals surface area contributed by atoms with Gasteiger partial charge in [-0.2, -0.15) is 4.80 Å². The largest absolute Gasteiger partial charge is 0.349 e. The van der Waals surface area contributed by atoms with E-state index in [1.165, 1.54) is 6.42 Å². The topological polar surface area (TPSA) is 88.8 Å². The van der Waals surface area contributed by atoms with Crippen LogP contribution in [0, 0.1) is 18.8 Å². The lowest BCUT2D eigenvalue weighted by Gasteiger charge is -2.61. The molecule has 4 saturated carbocycles. The first-order valence-corrected chi connectivity index (χ1v) is 11.8. The number of tetrazole rings is 1. The molecule has 3 atom stereocenters. The van der Waals surface area contributed by atoms with E-state index in [0.29, 0.717) is 11.8 Å². The second kappa shape index (κ2) is 7.08. The molecule has 8 heteroatoms. The molecule has 31 heavy (non-hydrogen) atoms. The minimum atomic E-state index is -0.258. The number of rotatable bonds is 5. The van der Waals surface area contributed by atoms with Gasteiger partial charge in [-0.25, -0.2) is 0 Å². The molecule has 3 heterocycles. The lowest BCUT2D eigenvalue weighted by molar-refractivity contribution is -0.136. The maximum absolute atomic E-state index is 13.8. The van der Waals surface area contributed by atoms with Gasteiger partial charge in [-0.05, 0) is 100 Å². The highest BCUT2D eigenvalue weighted by atomic mass is 16.2. The Labute approximate surface area is 182 Å². The molecular weight excluding hydrogens is 390 g/mol. The average molecular weight is 422 g/mol. The van der Waals surface area contributed by atoms with E-state index in [0.717, 1.165) is 69.4 Å². The van der Waals surface area contributed by atoms with Crippen LogP contribution in [0.25, 0.3) is 0 Å². The molecular formula is C23H31N7O. The zero-order chi connectivity index (χ0) is 21.1. The predicted molar refractivity (Wildman–Crippen MR) is 114 cm³/mol. The summed E-state index contributed by atoms with van der Waals surface area (Å²) >= 11 is 0. The van der Waals surface area contributed by atoms with E-state index in [9.17, 15) is 4.79 Å². The fourth-order valence-electron chi connectivity index (χ4n) is 7.47. The third-order valence-electron chi connectivity index (χ3n) is 8.11. The molecule has 1 aliphatic heterocycles. The van der Waals surface area contributed by atoms with E-state index in [4.69, 9.17) is 0 Å². The Morgan fingerprint density at radius 3 is 2.61 bits per heavy atom. The van der Waals surface area contributed by atoms with Crippen molar-refractivity contribution in [3.63, 3.8) is 0 Å². The van der Waals surface area contributed by atoms with Crippen molar-refractivity contribution in [2.75, 3.05) is 13.1 Å². The molecule has 1 amide bonds. The highest BCUT2D eigenvalue weighted by molar-refractivity contribution is 5.84. The number of carbonyl (C=O) groups excluding carboxylic acids is 1. The number of nitrogens with one attached hydrogen (secondary N) is 1. The van der Waals surface area contributed by atoms with Crippen LogP contribution in [0.3, 0.4) is 0 Å². The van der Waals surface area contributed by atoms with Crippen molar-refractivity contribution in [2.45, 2.75) is 75.4 Å². The molecule has 1 saturated heterocycles. The zero-order valence-corrected chi connectivity index (χ0v) is 18.2. The first kappa shape index (κ1) is 19.3. The van der Waals surface area contributed by atoms with Crippen molar-refractivity contribution in [1.82, 2.24) is 35.4 Å². The van der Waals surface area contributed by atoms with Gasteiger partial charge in [-0.3, -0.25) is 14.7 Å². The van der Waals surface area contributed by atoms with E-state index in [1.54, 1.807) is 6.20 Å². The number of pyridine rings is 1. The molecule has 5 aliphatic rings. The first-order valence-electron chi connectivity index (χ1n) is 11.8. The predicted octanol–water partition coefficient (Wildman–Crippen LogP) is 2.38. The molecule has 164 valence electrons. The molecule has 0 radical (unpaired) electrons. The van der Waals surface area contributed by atoms with Gasteiger partial charge in [0, 0.05) is 17.9 Å². The summed E-state index contributed by atoms with van der Waals surface area (Å²) in [5.74, 6) is 2.10. The Morgan fingerprint density at radius 1 is 1.19 bits per heavy atom. The van der Waals surface area contributed by atoms with Gasteiger partial charge < -0.3 is 5.32 Å². The van der Waals surface area contributed by atoms with Crippen molar-refractivity contribution in [1.29, 1.82) is 0 Å². The number of aryl methyl sites for hydroxylation is 1. The van der Waals surface area contributed by atoms with Crippen LogP contribution in [0.1, 0.15) is 68.8 Å². The number of hydrogen-bond donors (Lipinski definition) is 1. The third kappa shape index (κ3) is 3.26. The molecule has 2 aromatic heterocycles. The molecule has 1 N–H and O–H groups in total. The summed E-state index contributed by atoms with van der Waals surface area (Å²) in [6, 6.07) is 3.72. The summed E-state index contributed by atoms with van der Waals surface area (Å²) < 4.78 is 0. The van der Waals surface area contributed by atoms with Crippen LogP contribution in [0.4, 0.5) is 0 Å². The molecule has 0 aromatic carbocycles. The van der Waals surface area contributed by atoms with Crippen LogP contribution in [0.5, 0.6) is 0 Å². The Bertz CT molecular complexity index is 953. The average Bonchev–Trinajstić information content (AvgIpc) is 3.40. The zero-order valence-electron chi connectivity index (χ0n) is 18.2. The Hall–Kier alpha value is -2.35. The van der Waals surface area contributed by atoms with Gasteiger partial charge in [0.25, 0.3) is 0 Å². The van der Waals surface area contributed by atoms with E-state index in [-0.39, 0.29) is 23.0 Å². The normalized spacial score (nSPS) is 35.4. The molecule has 3 unspecified atom stereocenters. The number of hydrogen-bond acceptors (Lipinski definition) is 6. The molecule has 5 fully saturated rings. The fourth-order valence-corrected chi connectivity index (χ4v) is 7.47. The number of likely N-dealkylation sites (tertiary alicyclic amines) is 1. The van der Waals surface area contributed by atoms with Crippen molar-refractivity contribution in [3.05, 3.63) is 35.9 Å². The van der Waals surface area contributed by atoms with Gasteiger partial charge in [0.2, 0.25) is 5.91 Å². The van der Waals surface area contributed by atoms with Gasteiger partial charge in [0.1, 0.15) is 6.04 Å². The lowest BCUT2D eigenvalue weighted by Crippen LogP contribution is -2.66. The summed E-state index contributed by atoms with van der Waals surface area (Å²) in [6.45, 7) is 3.84. The minimum Gasteiger partial charge on any atom is -0.349 e. The Balaban J connectivity index is 1.30. The molecule has 7 rings (SSSR count). The summed E-state index contributed by atoms with van der Waals surface area (Å²) in [6.07, 6.45) is 12.5. The smallest absolute Gasteiger partial charge is 0.242 e. The van der Waals surface area contributed by atoms with Gasteiger partial charge in [0.15, 0.2) is 5.82 Å². The molecule has 4 aliphatic carbocycles. The number of nitrogens with zero attached hydrogens (tertiary/aromatic N) is 6. The summed E-state index contributed by atoms with van der Waals surface area (Å²) in [5.41, 5.74) is 0.730. The van der Waals surface area contributed by atoms with Crippen molar-refractivity contribution in [2.24, 2.45) is 11.8 Å². The van der Waals surface area contributed by atoms with Crippen LogP contribution in [0.2, 0.25) is 0 Å². The van der Waals surface area contributed by atoms with Gasteiger partial charge in [-0.1, -0.05) is 6.07 Å². The molecule has 0 spiro atoms. The van der Waals surface area contributed by atoms with Crippen molar-refractivity contribution >= 4 is 5.91 Å². The summed E-state index contributed by atoms with van der Waals surface area (Å²) in [5, 5.41) is 16.8. The monoisotopic (exact) mass is 421 g/mol. The van der Waals surface area contributed by atoms with Crippen LogP contribution < -0.4 is 5.32 Å². The lowest BCUT2D eigenvalue weighted by atomic mass is 9.50. The standard InChI is InChI=1S/C23H31N7O/c1-16-26-28-30(27-16)23-12-17-9-18(13-23)11-22(10-17,15-23)25-21(31)20(29-7-2-3-8-29)19-5-4-6-24-14-19/h4-6,14,17-18,20H,2-3,7-13,15H2,1H3,(H,25,31). The highest BCUT2D eigenvalue weighted by Crippen LogP contribution is 2.60. The van der Waals surface area contributed by atoms with Gasteiger partial charge >= 0.3 is 0 Å². The van der Waals surface area contributed by atoms with Crippen molar-refractivity contribution in [3.8, 4) is 0 Å². The summed E-state index contributed by atoms with van der Waals surface area (Å²) in [7, 11) is 0. The SMILES string of the molecule is Cc1nnn(C23CC4CC(CC(NC(=O)C(c5cccnc5)N5CCCC5)(C4)C2)C3)n1. The van der Waals surface area contributed by atoms with Crippen LogP contribution in [-0.4, -0.2) is 54.6 Å². The van der Waals surface area contributed by atoms with Crippen molar-refractivity contribution < 1.29 is 4.79 Å². The van der Waals surface area contributed by atoms with Crippen LogP contribution >= 0.6 is 0 Å². The third-order valence-corrected chi connectivity index (χ3v) is 8.11. The fraction of sp³-hybridized carbons (Fsp3) is 0.696. The Morgan fingerprint density at radius 2 is 1.97 bits per heavy atom. The van der Waals surface area contributed by atoms with Crippen LogP contribution in [-0.2, 0) is 10.3 Å². The maximum Gasteiger partial charge on any atom is 0.242 e. The van der Waals surface area contributed by atoms with E-state index in [1.807, 2.05) is 30.0 Å². The maximum atomic E-state index is 13.8. The van der Waals surface area contributed by atoms with Crippen LogP contribution in [0.15, 0.2) is 24.5 Å². The van der Waals surface area contributed by atoms with E-state index < -0.39 is 0 Å². The number of amides is 1. The Kier molecular flexibility index (Phi) is 4.42. The molecule has 4 bridgehead atoms. The number of carbonyl (C=O) groups is 1. The van der Waals surface area contributed by atoms with E-state index in [2.05, 4.69) is 30.6 Å². The number of aromatic nitrogens is 5. The minimum absolute atomic E-state index is 0.101. The molecule has 8 nitrogen and oxygen atoms in total. The molecule has 2 aromatic rings. The first-order chi connectivity index (χ1) is 15.0. The van der Waals surface area contributed by atoms with E-state index >= 15 is 0 Å². The second-order valence-corrected chi connectivity index (χ2v) is 10.5. The van der Waals surface area contributed by atoms with Gasteiger partial charge in [-0.15, -0.1) is 10.2 Å².